The SMILES string of the molecule is CC(=O)c1csc(NC(=O)C2CCCN2S(=O)(=O)c2c(C)cc(C)cc2C)n1. The molecule has 1 atom stereocenters. The molecule has 0 radical (unpaired) electrons. The molecule has 7 nitrogen and oxygen atoms in total. The molecule has 1 amide bonds. The molecular weight excluding hydrogens is 398 g/mol. The number of ketones is 1. The molecule has 1 fully saturated rings. The fourth-order valence-electron chi connectivity index (χ4n) is 3.66. The van der Waals surface area contributed by atoms with Crippen LogP contribution in [0.4, 0.5) is 5.13 Å². The lowest BCUT2D eigenvalue weighted by atomic mass is 10.1. The number of Topliss-reactive ketones (excluding diaryl/α,β-unsaturated/α-hetero) is 1. The quantitative estimate of drug-likeness (QED) is 0.749. The van der Waals surface area contributed by atoms with Gasteiger partial charge in [-0.25, -0.2) is 13.4 Å². The van der Waals surface area contributed by atoms with E-state index in [1.54, 1.807) is 19.2 Å². The Balaban J connectivity index is 1.87. The first-order valence-corrected chi connectivity index (χ1v) is 11.3. The molecule has 1 aromatic carbocycles. The van der Waals surface area contributed by atoms with Crippen molar-refractivity contribution in [3.63, 3.8) is 0 Å². The predicted molar refractivity (Wildman–Crippen MR) is 108 cm³/mol. The van der Waals surface area contributed by atoms with E-state index in [-0.39, 0.29) is 16.4 Å². The Morgan fingerprint density at radius 1 is 1.21 bits per heavy atom. The molecular formula is C19H23N3O4S2. The van der Waals surface area contributed by atoms with Crippen LogP contribution in [0.15, 0.2) is 22.4 Å². The van der Waals surface area contributed by atoms with Crippen molar-refractivity contribution in [2.24, 2.45) is 0 Å². The van der Waals surface area contributed by atoms with Crippen molar-refractivity contribution < 1.29 is 18.0 Å². The van der Waals surface area contributed by atoms with Gasteiger partial charge in [0.1, 0.15) is 11.7 Å². The Kier molecular flexibility index (Phi) is 5.69. The Morgan fingerprint density at radius 3 is 2.43 bits per heavy atom. The highest BCUT2D eigenvalue weighted by molar-refractivity contribution is 7.89. The highest BCUT2D eigenvalue weighted by atomic mass is 32.2. The second-order valence-corrected chi connectivity index (χ2v) is 9.77. The minimum atomic E-state index is -3.81. The van der Waals surface area contributed by atoms with Crippen LogP contribution >= 0.6 is 11.3 Å². The maximum Gasteiger partial charge on any atom is 0.244 e. The smallest absolute Gasteiger partial charge is 0.244 e. The number of aromatic nitrogens is 1. The van der Waals surface area contributed by atoms with Gasteiger partial charge < -0.3 is 5.32 Å². The molecule has 2 aromatic rings. The Labute approximate surface area is 168 Å². The number of anilines is 1. The summed E-state index contributed by atoms with van der Waals surface area (Å²) >= 11 is 1.14. The van der Waals surface area contributed by atoms with Crippen molar-refractivity contribution in [1.82, 2.24) is 9.29 Å². The third-order valence-electron chi connectivity index (χ3n) is 4.77. The van der Waals surface area contributed by atoms with E-state index in [0.717, 1.165) is 16.9 Å². The van der Waals surface area contributed by atoms with E-state index in [0.29, 0.717) is 35.6 Å². The number of carbonyl (C=O) groups excluding carboxylic acids is 2. The second-order valence-electron chi connectivity index (χ2n) is 7.08. The van der Waals surface area contributed by atoms with Gasteiger partial charge in [0.15, 0.2) is 10.9 Å². The van der Waals surface area contributed by atoms with Crippen LogP contribution in [-0.4, -0.2) is 42.0 Å². The average Bonchev–Trinajstić information content (AvgIpc) is 3.22. The topological polar surface area (TPSA) is 96.4 Å². The summed E-state index contributed by atoms with van der Waals surface area (Å²) < 4.78 is 28.0. The Morgan fingerprint density at radius 2 is 1.86 bits per heavy atom. The van der Waals surface area contributed by atoms with E-state index in [2.05, 4.69) is 10.3 Å². The molecule has 0 spiro atoms. The molecule has 28 heavy (non-hydrogen) atoms. The molecule has 1 saturated heterocycles. The molecule has 1 N–H and O–H groups in total. The first kappa shape index (κ1) is 20.6. The third kappa shape index (κ3) is 3.87. The Hall–Kier alpha value is -2.10. The number of rotatable bonds is 5. The molecule has 1 aliphatic heterocycles. The molecule has 9 heteroatoms. The van der Waals surface area contributed by atoms with Crippen LogP contribution in [-0.2, 0) is 14.8 Å². The summed E-state index contributed by atoms with van der Waals surface area (Å²) in [4.78, 5) is 28.5. The number of thiazole rings is 1. The maximum atomic E-state index is 13.3. The summed E-state index contributed by atoms with van der Waals surface area (Å²) in [5.41, 5.74) is 2.63. The lowest BCUT2D eigenvalue weighted by Crippen LogP contribution is -2.43. The van der Waals surface area contributed by atoms with Gasteiger partial charge in [0.2, 0.25) is 15.9 Å². The number of benzene rings is 1. The van der Waals surface area contributed by atoms with Crippen LogP contribution in [0.2, 0.25) is 0 Å². The number of hydrogen-bond donors (Lipinski definition) is 1. The minimum absolute atomic E-state index is 0.188. The number of sulfonamides is 1. The van der Waals surface area contributed by atoms with Gasteiger partial charge in [-0.2, -0.15) is 4.31 Å². The Bertz CT molecular complexity index is 1020. The largest absolute Gasteiger partial charge is 0.301 e. The molecule has 150 valence electrons. The van der Waals surface area contributed by atoms with E-state index < -0.39 is 22.0 Å². The van der Waals surface area contributed by atoms with Crippen LogP contribution in [0.3, 0.4) is 0 Å². The lowest BCUT2D eigenvalue weighted by Gasteiger charge is -2.25. The zero-order valence-corrected chi connectivity index (χ0v) is 17.9. The van der Waals surface area contributed by atoms with Gasteiger partial charge >= 0.3 is 0 Å². The van der Waals surface area contributed by atoms with Crippen LogP contribution in [0.5, 0.6) is 0 Å². The standard InChI is InChI=1S/C19H23N3O4S2/c1-11-8-12(2)17(13(3)9-11)28(25,26)22-7-5-6-16(22)18(24)21-19-20-15(10-27-19)14(4)23/h8-10,16H,5-7H2,1-4H3,(H,20,21,24). The highest BCUT2D eigenvalue weighted by Gasteiger charge is 2.40. The summed E-state index contributed by atoms with van der Waals surface area (Å²) in [5.74, 6) is -0.611. The monoisotopic (exact) mass is 421 g/mol. The van der Waals surface area contributed by atoms with Crippen molar-refractivity contribution in [2.75, 3.05) is 11.9 Å². The van der Waals surface area contributed by atoms with Crippen molar-refractivity contribution >= 4 is 38.2 Å². The number of amides is 1. The van der Waals surface area contributed by atoms with Gasteiger partial charge in [0.05, 0.1) is 4.90 Å². The summed E-state index contributed by atoms with van der Waals surface area (Å²) in [5, 5.41) is 4.52. The van der Waals surface area contributed by atoms with E-state index >= 15 is 0 Å². The van der Waals surface area contributed by atoms with Crippen molar-refractivity contribution in [3.8, 4) is 0 Å². The van der Waals surface area contributed by atoms with E-state index in [4.69, 9.17) is 0 Å². The maximum absolute atomic E-state index is 13.3. The molecule has 2 heterocycles. The van der Waals surface area contributed by atoms with Crippen LogP contribution in [0.1, 0.15) is 46.9 Å². The van der Waals surface area contributed by atoms with E-state index in [1.165, 1.54) is 11.2 Å². The zero-order chi connectivity index (χ0) is 20.6. The number of nitrogens with one attached hydrogen (secondary N) is 1. The van der Waals surface area contributed by atoms with Crippen molar-refractivity contribution in [1.29, 1.82) is 0 Å². The summed E-state index contributed by atoms with van der Waals surface area (Å²) in [6.07, 6.45) is 1.05. The lowest BCUT2D eigenvalue weighted by molar-refractivity contribution is -0.119. The van der Waals surface area contributed by atoms with Crippen LogP contribution in [0.25, 0.3) is 0 Å². The first-order valence-electron chi connectivity index (χ1n) is 8.98. The number of aryl methyl sites for hydroxylation is 3. The van der Waals surface area contributed by atoms with Crippen LogP contribution < -0.4 is 5.32 Å². The molecule has 0 bridgehead atoms. The van der Waals surface area contributed by atoms with Crippen molar-refractivity contribution in [2.45, 2.75) is 51.5 Å². The average molecular weight is 422 g/mol. The van der Waals surface area contributed by atoms with Gasteiger partial charge in [0, 0.05) is 18.8 Å². The van der Waals surface area contributed by atoms with Gasteiger partial charge in [-0.15, -0.1) is 11.3 Å². The number of nitrogens with zero attached hydrogens (tertiary/aromatic N) is 2. The highest BCUT2D eigenvalue weighted by Crippen LogP contribution is 2.31. The molecule has 1 aliphatic rings. The molecule has 0 aliphatic carbocycles. The summed E-state index contributed by atoms with van der Waals surface area (Å²) in [6.45, 7) is 7.17. The molecule has 0 saturated carbocycles. The van der Waals surface area contributed by atoms with E-state index in [9.17, 15) is 18.0 Å². The predicted octanol–water partition coefficient (Wildman–Crippen LogP) is 3.06. The number of carbonyl (C=O) groups is 2. The fraction of sp³-hybridized carbons (Fsp3) is 0.421. The normalized spacial score (nSPS) is 17.6. The molecule has 1 aromatic heterocycles. The van der Waals surface area contributed by atoms with Crippen molar-refractivity contribution in [3.05, 3.63) is 39.9 Å². The third-order valence-corrected chi connectivity index (χ3v) is 7.74. The van der Waals surface area contributed by atoms with Gasteiger partial charge in [-0.05, 0) is 44.7 Å². The fourth-order valence-corrected chi connectivity index (χ4v) is 6.49. The second kappa shape index (κ2) is 7.73. The number of hydrogen-bond acceptors (Lipinski definition) is 6. The van der Waals surface area contributed by atoms with Gasteiger partial charge in [-0.3, -0.25) is 9.59 Å². The molecule has 3 rings (SSSR count). The summed E-state index contributed by atoms with van der Waals surface area (Å²) in [7, 11) is -3.81. The summed E-state index contributed by atoms with van der Waals surface area (Å²) in [6, 6.07) is 2.88. The molecule has 1 unspecified atom stereocenters. The van der Waals surface area contributed by atoms with Crippen LogP contribution in [0, 0.1) is 20.8 Å². The minimum Gasteiger partial charge on any atom is -0.301 e. The van der Waals surface area contributed by atoms with Gasteiger partial charge in [0.25, 0.3) is 0 Å². The first-order chi connectivity index (χ1) is 13.1. The van der Waals surface area contributed by atoms with Gasteiger partial charge in [-0.1, -0.05) is 17.7 Å². The van der Waals surface area contributed by atoms with E-state index in [1.807, 2.05) is 19.1 Å². The zero-order valence-electron chi connectivity index (χ0n) is 16.3.